The summed E-state index contributed by atoms with van der Waals surface area (Å²) in [5, 5.41) is 3.51. The van der Waals surface area contributed by atoms with E-state index < -0.39 is 5.97 Å². The second kappa shape index (κ2) is 9.34. The Morgan fingerprint density at radius 2 is 1.86 bits per heavy atom. The zero-order valence-electron chi connectivity index (χ0n) is 16.8. The van der Waals surface area contributed by atoms with Crippen LogP contribution in [0.2, 0.25) is 0 Å². The van der Waals surface area contributed by atoms with E-state index in [0.717, 1.165) is 42.8 Å². The maximum absolute atomic E-state index is 12.5. The minimum atomic E-state index is -0.404. The smallest absolute Gasteiger partial charge is 0.341 e. The number of hydrogen-bond acceptors (Lipinski definition) is 5. The van der Waals surface area contributed by atoms with Gasteiger partial charge in [0.25, 0.3) is 0 Å². The first-order valence-electron chi connectivity index (χ1n) is 9.72. The Bertz CT molecular complexity index is 824. The molecule has 0 aliphatic carbocycles. The molecule has 0 saturated carbocycles. The minimum Gasteiger partial charge on any atom is -0.465 e. The van der Waals surface area contributed by atoms with Crippen LogP contribution in [0, 0.1) is 19.8 Å². The Balaban J connectivity index is 1.51. The number of piperidine rings is 1. The lowest BCUT2D eigenvalue weighted by atomic mass is 9.90. The molecule has 0 atom stereocenters. The molecule has 1 amide bonds. The lowest BCUT2D eigenvalue weighted by Crippen LogP contribution is -2.39. The Hall–Kier alpha value is -2.18. The first kappa shape index (κ1) is 20.6. The number of thiophene rings is 1. The third kappa shape index (κ3) is 5.00. The Labute approximate surface area is 170 Å². The number of ether oxygens (including phenoxy) is 1. The van der Waals surface area contributed by atoms with E-state index in [9.17, 15) is 9.59 Å². The summed E-state index contributed by atoms with van der Waals surface area (Å²) in [7, 11) is 1.36. The van der Waals surface area contributed by atoms with E-state index in [0.29, 0.717) is 23.0 Å². The quantitative estimate of drug-likeness (QED) is 0.744. The van der Waals surface area contributed by atoms with Crippen LogP contribution >= 0.6 is 11.3 Å². The van der Waals surface area contributed by atoms with Gasteiger partial charge in [0, 0.05) is 4.88 Å². The lowest BCUT2D eigenvalue weighted by molar-refractivity contribution is -0.117. The third-order valence-electron chi connectivity index (χ3n) is 5.47. The van der Waals surface area contributed by atoms with Crippen molar-refractivity contribution in [1.82, 2.24) is 4.90 Å². The molecule has 2 aromatic rings. The van der Waals surface area contributed by atoms with Gasteiger partial charge in [0.05, 0.1) is 19.2 Å². The molecule has 2 heterocycles. The number of hydrogen-bond donors (Lipinski definition) is 1. The van der Waals surface area contributed by atoms with Crippen LogP contribution in [0.3, 0.4) is 0 Å². The van der Waals surface area contributed by atoms with Crippen molar-refractivity contribution in [2.24, 2.45) is 5.92 Å². The van der Waals surface area contributed by atoms with Crippen molar-refractivity contribution >= 4 is 28.2 Å². The number of nitrogens with zero attached hydrogens (tertiary/aromatic N) is 1. The van der Waals surface area contributed by atoms with Crippen molar-refractivity contribution in [2.45, 2.75) is 33.1 Å². The van der Waals surface area contributed by atoms with Crippen molar-refractivity contribution in [1.29, 1.82) is 0 Å². The van der Waals surface area contributed by atoms with Crippen LogP contribution in [0.1, 0.15) is 39.2 Å². The Morgan fingerprint density at radius 3 is 2.50 bits per heavy atom. The molecule has 0 spiro atoms. The van der Waals surface area contributed by atoms with Gasteiger partial charge in [-0.15, -0.1) is 11.3 Å². The van der Waals surface area contributed by atoms with Crippen molar-refractivity contribution in [3.05, 3.63) is 51.9 Å². The maximum Gasteiger partial charge on any atom is 0.341 e. The standard InChI is InChI=1S/C22H28N2O3S/c1-15-16(2)28-21(20(15)22(26)27-3)23-19(25)14-24-11-9-18(10-12-24)13-17-7-5-4-6-8-17/h4-8,18H,9-14H2,1-3H3,(H,23,25). The van der Waals surface area contributed by atoms with Gasteiger partial charge in [-0.3, -0.25) is 9.69 Å². The molecular weight excluding hydrogens is 372 g/mol. The number of amides is 1. The zero-order chi connectivity index (χ0) is 20.1. The number of carbonyl (C=O) groups is 2. The van der Waals surface area contributed by atoms with Crippen molar-refractivity contribution in [3.63, 3.8) is 0 Å². The van der Waals surface area contributed by atoms with Gasteiger partial charge in [-0.05, 0) is 63.2 Å². The predicted octanol–water partition coefficient (Wildman–Crippen LogP) is 4.04. The van der Waals surface area contributed by atoms with E-state index in [1.54, 1.807) is 0 Å². The number of aryl methyl sites for hydroxylation is 1. The fraction of sp³-hybridized carbons (Fsp3) is 0.455. The van der Waals surface area contributed by atoms with Gasteiger partial charge in [0.2, 0.25) is 5.91 Å². The third-order valence-corrected chi connectivity index (χ3v) is 6.59. The average molecular weight is 401 g/mol. The highest BCUT2D eigenvalue weighted by Crippen LogP contribution is 2.33. The van der Waals surface area contributed by atoms with Crippen LogP contribution in [-0.2, 0) is 16.0 Å². The van der Waals surface area contributed by atoms with Gasteiger partial charge >= 0.3 is 5.97 Å². The SMILES string of the molecule is COC(=O)c1c(NC(=O)CN2CCC(Cc3ccccc3)CC2)sc(C)c1C. The summed E-state index contributed by atoms with van der Waals surface area (Å²) in [4.78, 5) is 27.8. The van der Waals surface area contributed by atoms with Crippen molar-refractivity contribution in [2.75, 3.05) is 32.1 Å². The summed E-state index contributed by atoms with van der Waals surface area (Å²) >= 11 is 1.43. The fourth-order valence-electron chi connectivity index (χ4n) is 3.73. The molecule has 0 radical (unpaired) electrons. The van der Waals surface area contributed by atoms with E-state index in [1.165, 1.54) is 24.0 Å². The van der Waals surface area contributed by atoms with E-state index in [4.69, 9.17) is 4.74 Å². The second-order valence-electron chi connectivity index (χ2n) is 7.44. The number of likely N-dealkylation sites (tertiary alicyclic amines) is 1. The molecule has 1 aromatic carbocycles. The summed E-state index contributed by atoms with van der Waals surface area (Å²) in [5.41, 5.74) is 2.73. The summed E-state index contributed by atoms with van der Waals surface area (Å²) in [6, 6.07) is 10.6. The van der Waals surface area contributed by atoms with Gasteiger partial charge in [-0.1, -0.05) is 30.3 Å². The summed E-state index contributed by atoms with van der Waals surface area (Å²) < 4.78 is 4.87. The topological polar surface area (TPSA) is 58.6 Å². The van der Waals surface area contributed by atoms with Gasteiger partial charge in [-0.2, -0.15) is 0 Å². The highest BCUT2D eigenvalue weighted by molar-refractivity contribution is 7.16. The summed E-state index contributed by atoms with van der Waals surface area (Å²) in [6.07, 6.45) is 3.32. The molecule has 1 aromatic heterocycles. The van der Waals surface area contributed by atoms with Crippen LogP contribution in [0.5, 0.6) is 0 Å². The Kier molecular flexibility index (Phi) is 6.86. The highest BCUT2D eigenvalue weighted by atomic mass is 32.1. The van der Waals surface area contributed by atoms with E-state index in [-0.39, 0.29) is 5.91 Å². The van der Waals surface area contributed by atoms with E-state index in [1.807, 2.05) is 19.9 Å². The molecule has 1 saturated heterocycles. The molecule has 1 fully saturated rings. The summed E-state index contributed by atoms with van der Waals surface area (Å²) in [6.45, 7) is 6.04. The van der Waals surface area contributed by atoms with E-state index >= 15 is 0 Å². The molecule has 6 heteroatoms. The van der Waals surface area contributed by atoms with Gasteiger partial charge in [-0.25, -0.2) is 4.79 Å². The summed E-state index contributed by atoms with van der Waals surface area (Å²) in [5.74, 6) is 0.196. The molecule has 28 heavy (non-hydrogen) atoms. The zero-order valence-corrected chi connectivity index (χ0v) is 17.6. The Morgan fingerprint density at radius 1 is 1.18 bits per heavy atom. The largest absolute Gasteiger partial charge is 0.465 e. The molecule has 1 N–H and O–H groups in total. The maximum atomic E-state index is 12.5. The first-order chi connectivity index (χ1) is 13.5. The van der Waals surface area contributed by atoms with Gasteiger partial charge in [0.15, 0.2) is 0 Å². The molecule has 5 nitrogen and oxygen atoms in total. The van der Waals surface area contributed by atoms with Crippen LogP contribution in [0.25, 0.3) is 0 Å². The van der Waals surface area contributed by atoms with E-state index in [2.05, 4.69) is 34.5 Å². The fourth-order valence-corrected chi connectivity index (χ4v) is 4.79. The predicted molar refractivity (Wildman–Crippen MR) is 113 cm³/mol. The normalized spacial score (nSPS) is 15.4. The number of carbonyl (C=O) groups excluding carboxylic acids is 2. The minimum absolute atomic E-state index is 0.0760. The van der Waals surface area contributed by atoms with Crippen LogP contribution in [0.15, 0.2) is 30.3 Å². The number of methoxy groups -OCH3 is 1. The van der Waals surface area contributed by atoms with Crippen molar-refractivity contribution in [3.8, 4) is 0 Å². The van der Waals surface area contributed by atoms with Crippen molar-refractivity contribution < 1.29 is 14.3 Å². The molecule has 150 valence electrons. The first-order valence-corrected chi connectivity index (χ1v) is 10.5. The van der Waals surface area contributed by atoms with Gasteiger partial charge in [0.1, 0.15) is 5.00 Å². The van der Waals surface area contributed by atoms with Crippen LogP contribution < -0.4 is 5.32 Å². The lowest BCUT2D eigenvalue weighted by Gasteiger charge is -2.31. The monoisotopic (exact) mass is 400 g/mol. The molecule has 0 unspecified atom stereocenters. The second-order valence-corrected chi connectivity index (χ2v) is 8.66. The molecular formula is C22H28N2O3S. The van der Waals surface area contributed by atoms with Crippen LogP contribution in [-0.4, -0.2) is 43.5 Å². The number of benzene rings is 1. The number of nitrogens with one attached hydrogen (secondary N) is 1. The number of anilines is 1. The molecule has 1 aliphatic heterocycles. The molecule has 3 rings (SSSR count). The number of rotatable bonds is 6. The molecule has 0 bridgehead atoms. The number of esters is 1. The van der Waals surface area contributed by atoms with Gasteiger partial charge < -0.3 is 10.1 Å². The average Bonchev–Trinajstić information content (AvgIpc) is 2.97. The van der Waals surface area contributed by atoms with Crippen LogP contribution in [0.4, 0.5) is 5.00 Å². The molecule has 1 aliphatic rings. The highest BCUT2D eigenvalue weighted by Gasteiger charge is 2.24.